The molecule has 0 unspecified atom stereocenters. The van der Waals surface area contributed by atoms with Gasteiger partial charge in [-0.1, -0.05) is 91.9 Å². The van der Waals surface area contributed by atoms with Crippen molar-refractivity contribution in [3.63, 3.8) is 0 Å². The number of hydrogen-bond acceptors (Lipinski definition) is 0. The Balaban J connectivity index is 3.75. The van der Waals surface area contributed by atoms with Crippen LogP contribution in [0.1, 0.15) is 105 Å². The van der Waals surface area contributed by atoms with Crippen molar-refractivity contribution in [3.05, 3.63) is 0 Å². The Morgan fingerprint density at radius 2 is 1.00 bits per heavy atom. The first-order valence-electron chi connectivity index (χ1n) is 8.24. The van der Waals surface area contributed by atoms with E-state index in [2.05, 4.69) is 27.7 Å². The fraction of sp³-hybridized carbons (Fsp3) is 1.00. The maximum Gasteiger partial charge on any atom is -0.0303 e. The second kappa shape index (κ2) is 11.1. The van der Waals surface area contributed by atoms with Crippen molar-refractivity contribution in [2.45, 2.75) is 105 Å². The molecule has 0 aliphatic heterocycles. The third-order valence-electron chi connectivity index (χ3n) is 4.62. The summed E-state index contributed by atoms with van der Waals surface area (Å²) in [5, 5.41) is 0. The summed E-state index contributed by atoms with van der Waals surface area (Å²) in [5.74, 6) is 0. The second-order valence-electron chi connectivity index (χ2n) is 5.83. The van der Waals surface area contributed by atoms with Crippen molar-refractivity contribution in [1.82, 2.24) is 0 Å². The summed E-state index contributed by atoms with van der Waals surface area (Å²) in [6.45, 7) is 9.41. The monoisotopic (exact) mass is 240 g/mol. The zero-order valence-electron chi connectivity index (χ0n) is 13.0. The van der Waals surface area contributed by atoms with Crippen LogP contribution in [0.4, 0.5) is 0 Å². The van der Waals surface area contributed by atoms with Crippen LogP contribution in [0.15, 0.2) is 0 Å². The Kier molecular flexibility index (Phi) is 11.1. The molecule has 0 atom stereocenters. The summed E-state index contributed by atoms with van der Waals surface area (Å²) in [7, 11) is 0. The highest BCUT2D eigenvalue weighted by molar-refractivity contribution is 4.76. The van der Waals surface area contributed by atoms with Crippen LogP contribution in [-0.2, 0) is 0 Å². The average Bonchev–Trinajstić information content (AvgIpc) is 2.38. The zero-order chi connectivity index (χ0) is 13.0. The van der Waals surface area contributed by atoms with E-state index in [0.717, 1.165) is 0 Å². The van der Waals surface area contributed by atoms with Crippen LogP contribution in [0.2, 0.25) is 0 Å². The van der Waals surface area contributed by atoms with Gasteiger partial charge in [0.05, 0.1) is 0 Å². The van der Waals surface area contributed by atoms with E-state index in [1.54, 1.807) is 0 Å². The molecule has 0 saturated carbocycles. The molecule has 17 heavy (non-hydrogen) atoms. The van der Waals surface area contributed by atoms with Gasteiger partial charge in [0.2, 0.25) is 0 Å². The summed E-state index contributed by atoms with van der Waals surface area (Å²) >= 11 is 0. The lowest BCUT2D eigenvalue weighted by molar-refractivity contribution is 0.204. The maximum atomic E-state index is 2.40. The molecule has 104 valence electrons. The zero-order valence-corrected chi connectivity index (χ0v) is 13.0. The summed E-state index contributed by atoms with van der Waals surface area (Å²) in [6.07, 6.45) is 17.2. The standard InChI is InChI=1S/C17H36/c1-5-9-11-12-13-14-16-17(7-3,8-4)15-10-6-2/h5-16H2,1-4H3. The molecule has 0 bridgehead atoms. The number of hydrogen-bond donors (Lipinski definition) is 0. The fourth-order valence-electron chi connectivity index (χ4n) is 2.91. The molecule has 0 nitrogen and oxygen atoms in total. The number of unbranched alkanes of at least 4 members (excludes halogenated alkanes) is 6. The molecule has 0 spiro atoms. The van der Waals surface area contributed by atoms with Gasteiger partial charge in [-0.25, -0.2) is 0 Å². The molecular formula is C17H36. The summed E-state index contributed by atoms with van der Waals surface area (Å²) < 4.78 is 0. The van der Waals surface area contributed by atoms with Crippen molar-refractivity contribution >= 4 is 0 Å². The normalized spacial score (nSPS) is 12.0. The lowest BCUT2D eigenvalue weighted by atomic mass is 9.74. The Labute approximate surface area is 111 Å². The van der Waals surface area contributed by atoms with E-state index in [4.69, 9.17) is 0 Å². The van der Waals surface area contributed by atoms with E-state index in [9.17, 15) is 0 Å². The van der Waals surface area contributed by atoms with Gasteiger partial charge in [0.25, 0.3) is 0 Å². The van der Waals surface area contributed by atoms with Gasteiger partial charge in [-0.15, -0.1) is 0 Å². The molecule has 0 aromatic rings. The first-order chi connectivity index (χ1) is 8.24. The van der Waals surface area contributed by atoms with Crippen molar-refractivity contribution < 1.29 is 0 Å². The summed E-state index contributed by atoms with van der Waals surface area (Å²) in [4.78, 5) is 0. The fourth-order valence-corrected chi connectivity index (χ4v) is 2.91. The van der Waals surface area contributed by atoms with Crippen molar-refractivity contribution in [2.24, 2.45) is 5.41 Å². The summed E-state index contributed by atoms with van der Waals surface area (Å²) in [5.41, 5.74) is 0.681. The van der Waals surface area contributed by atoms with Crippen LogP contribution in [0, 0.1) is 5.41 Å². The second-order valence-corrected chi connectivity index (χ2v) is 5.83. The topological polar surface area (TPSA) is 0 Å². The SMILES string of the molecule is CCCCCCCCC(CC)(CC)CCCC. The molecule has 0 radical (unpaired) electrons. The minimum Gasteiger partial charge on any atom is -0.0654 e. The largest absolute Gasteiger partial charge is 0.0654 e. The minimum absolute atomic E-state index is 0.681. The highest BCUT2D eigenvalue weighted by atomic mass is 14.3. The van der Waals surface area contributed by atoms with Gasteiger partial charge in [-0.05, 0) is 18.3 Å². The molecular weight excluding hydrogens is 204 g/mol. The van der Waals surface area contributed by atoms with Gasteiger partial charge in [0.1, 0.15) is 0 Å². The van der Waals surface area contributed by atoms with Crippen LogP contribution in [0.5, 0.6) is 0 Å². The average molecular weight is 240 g/mol. The van der Waals surface area contributed by atoms with E-state index in [1.165, 1.54) is 77.0 Å². The van der Waals surface area contributed by atoms with Crippen LogP contribution in [0.3, 0.4) is 0 Å². The van der Waals surface area contributed by atoms with Gasteiger partial charge in [0, 0.05) is 0 Å². The molecule has 0 heteroatoms. The lowest BCUT2D eigenvalue weighted by Gasteiger charge is -2.32. The molecule has 0 amide bonds. The van der Waals surface area contributed by atoms with E-state index in [-0.39, 0.29) is 0 Å². The first kappa shape index (κ1) is 17.0. The van der Waals surface area contributed by atoms with E-state index < -0.39 is 0 Å². The van der Waals surface area contributed by atoms with Crippen LogP contribution < -0.4 is 0 Å². The maximum absolute atomic E-state index is 2.40. The first-order valence-corrected chi connectivity index (χ1v) is 8.24. The van der Waals surface area contributed by atoms with Crippen LogP contribution >= 0.6 is 0 Å². The van der Waals surface area contributed by atoms with Crippen LogP contribution in [0.25, 0.3) is 0 Å². The molecule has 0 aliphatic rings. The molecule has 0 rings (SSSR count). The van der Waals surface area contributed by atoms with Gasteiger partial charge >= 0.3 is 0 Å². The van der Waals surface area contributed by atoms with Gasteiger partial charge in [-0.3, -0.25) is 0 Å². The van der Waals surface area contributed by atoms with Crippen molar-refractivity contribution in [1.29, 1.82) is 0 Å². The lowest BCUT2D eigenvalue weighted by Crippen LogP contribution is -2.18. The van der Waals surface area contributed by atoms with Gasteiger partial charge in [-0.2, -0.15) is 0 Å². The molecule has 0 aromatic carbocycles. The predicted octanol–water partition coefficient (Wildman–Crippen LogP) is 6.73. The molecule has 0 heterocycles. The highest BCUT2D eigenvalue weighted by Crippen LogP contribution is 2.38. The third-order valence-corrected chi connectivity index (χ3v) is 4.62. The Bertz CT molecular complexity index is 144. The summed E-state index contributed by atoms with van der Waals surface area (Å²) in [6, 6.07) is 0. The molecule has 0 N–H and O–H groups in total. The third kappa shape index (κ3) is 7.84. The Hall–Kier alpha value is 0. The van der Waals surface area contributed by atoms with Gasteiger partial charge < -0.3 is 0 Å². The Morgan fingerprint density at radius 3 is 1.53 bits per heavy atom. The highest BCUT2D eigenvalue weighted by Gasteiger charge is 2.24. The molecule has 0 saturated heterocycles. The quantitative estimate of drug-likeness (QED) is 0.332. The van der Waals surface area contributed by atoms with Crippen molar-refractivity contribution in [3.8, 4) is 0 Å². The smallest absolute Gasteiger partial charge is 0.0303 e. The van der Waals surface area contributed by atoms with Crippen LogP contribution in [-0.4, -0.2) is 0 Å². The predicted molar refractivity (Wildman–Crippen MR) is 80.5 cm³/mol. The molecule has 0 fully saturated rings. The molecule has 0 aliphatic carbocycles. The van der Waals surface area contributed by atoms with E-state index in [0.29, 0.717) is 5.41 Å². The molecule has 0 aromatic heterocycles. The van der Waals surface area contributed by atoms with Crippen molar-refractivity contribution in [2.75, 3.05) is 0 Å². The Morgan fingerprint density at radius 1 is 0.529 bits per heavy atom. The number of rotatable bonds is 12. The van der Waals surface area contributed by atoms with E-state index >= 15 is 0 Å². The minimum atomic E-state index is 0.681. The van der Waals surface area contributed by atoms with Gasteiger partial charge in [0.15, 0.2) is 0 Å². The van der Waals surface area contributed by atoms with E-state index in [1.807, 2.05) is 0 Å².